The van der Waals surface area contributed by atoms with Crippen molar-refractivity contribution in [2.45, 2.75) is 58.3 Å². The molecular formula is C15H32N2O2S. The molecule has 4 nitrogen and oxygen atoms in total. The van der Waals surface area contributed by atoms with E-state index in [4.69, 9.17) is 0 Å². The van der Waals surface area contributed by atoms with Gasteiger partial charge in [-0.15, -0.1) is 0 Å². The standard InChI is InChI=1S/C15H32N2O2S/c1-3-4-5-6-7-8-11-16-13-15-10-9-12-17(14-15)20(2,18)19/h15-16H,3-14H2,1-2H3. The van der Waals surface area contributed by atoms with Crippen LogP contribution in [0.4, 0.5) is 0 Å². The molecule has 1 unspecified atom stereocenters. The first-order valence-electron chi connectivity index (χ1n) is 8.20. The maximum atomic E-state index is 11.5. The third-order valence-electron chi connectivity index (χ3n) is 4.09. The summed E-state index contributed by atoms with van der Waals surface area (Å²) < 4.78 is 24.7. The third-order valence-corrected chi connectivity index (χ3v) is 5.36. The molecule has 0 aliphatic carbocycles. The van der Waals surface area contributed by atoms with Gasteiger partial charge in [0, 0.05) is 13.1 Å². The Bertz CT molecular complexity index is 344. The van der Waals surface area contributed by atoms with Gasteiger partial charge in [-0.25, -0.2) is 12.7 Å². The fourth-order valence-corrected chi connectivity index (χ4v) is 3.77. The lowest BCUT2D eigenvalue weighted by atomic mass is 10.00. The Hall–Kier alpha value is -0.130. The molecule has 1 saturated heterocycles. The average Bonchev–Trinajstić information content (AvgIpc) is 2.41. The fourth-order valence-electron chi connectivity index (χ4n) is 2.83. The second-order valence-electron chi connectivity index (χ2n) is 6.10. The van der Waals surface area contributed by atoms with Gasteiger partial charge < -0.3 is 5.32 Å². The Balaban J connectivity index is 2.04. The van der Waals surface area contributed by atoms with Gasteiger partial charge in [0.2, 0.25) is 10.0 Å². The minimum Gasteiger partial charge on any atom is -0.316 e. The van der Waals surface area contributed by atoms with Crippen LogP contribution in [-0.2, 0) is 10.0 Å². The molecule has 0 amide bonds. The number of piperidine rings is 1. The van der Waals surface area contributed by atoms with Crippen molar-refractivity contribution in [3.05, 3.63) is 0 Å². The van der Waals surface area contributed by atoms with Crippen LogP contribution in [-0.4, -0.2) is 45.2 Å². The van der Waals surface area contributed by atoms with Crippen molar-refractivity contribution in [1.29, 1.82) is 0 Å². The van der Waals surface area contributed by atoms with Crippen molar-refractivity contribution in [1.82, 2.24) is 9.62 Å². The molecule has 1 N–H and O–H groups in total. The topological polar surface area (TPSA) is 49.4 Å². The molecule has 1 fully saturated rings. The quantitative estimate of drug-likeness (QED) is 0.631. The maximum absolute atomic E-state index is 11.5. The summed E-state index contributed by atoms with van der Waals surface area (Å²) in [6.45, 7) is 5.67. The minimum atomic E-state index is -3.00. The van der Waals surface area contributed by atoms with Gasteiger partial charge in [-0.3, -0.25) is 0 Å². The largest absolute Gasteiger partial charge is 0.316 e. The van der Waals surface area contributed by atoms with E-state index >= 15 is 0 Å². The molecular weight excluding hydrogens is 272 g/mol. The molecule has 1 heterocycles. The number of unbranched alkanes of at least 4 members (excludes halogenated alkanes) is 5. The van der Waals surface area contributed by atoms with Crippen LogP contribution in [0.5, 0.6) is 0 Å². The Morgan fingerprint density at radius 3 is 2.55 bits per heavy atom. The third kappa shape index (κ3) is 7.60. The summed E-state index contributed by atoms with van der Waals surface area (Å²) in [5.74, 6) is 0.485. The Morgan fingerprint density at radius 2 is 1.85 bits per heavy atom. The zero-order chi connectivity index (χ0) is 14.8. The van der Waals surface area contributed by atoms with E-state index in [-0.39, 0.29) is 0 Å². The second kappa shape index (κ2) is 9.74. The summed E-state index contributed by atoms with van der Waals surface area (Å²) in [5.41, 5.74) is 0. The van der Waals surface area contributed by atoms with Gasteiger partial charge in [-0.2, -0.15) is 0 Å². The van der Waals surface area contributed by atoms with Crippen molar-refractivity contribution in [2.75, 3.05) is 32.4 Å². The van der Waals surface area contributed by atoms with Crippen LogP contribution in [0.1, 0.15) is 58.3 Å². The van der Waals surface area contributed by atoms with Crippen molar-refractivity contribution in [3.63, 3.8) is 0 Å². The molecule has 0 spiro atoms. The number of nitrogens with zero attached hydrogens (tertiary/aromatic N) is 1. The highest BCUT2D eigenvalue weighted by Gasteiger charge is 2.25. The fraction of sp³-hybridized carbons (Fsp3) is 1.00. The highest BCUT2D eigenvalue weighted by atomic mass is 32.2. The monoisotopic (exact) mass is 304 g/mol. The van der Waals surface area contributed by atoms with Crippen molar-refractivity contribution in [3.8, 4) is 0 Å². The van der Waals surface area contributed by atoms with Crippen molar-refractivity contribution in [2.24, 2.45) is 5.92 Å². The van der Waals surface area contributed by atoms with E-state index in [9.17, 15) is 8.42 Å². The predicted molar refractivity (Wildman–Crippen MR) is 85.4 cm³/mol. The molecule has 5 heteroatoms. The minimum absolute atomic E-state index is 0.485. The number of nitrogens with one attached hydrogen (secondary N) is 1. The predicted octanol–water partition coefficient (Wildman–Crippen LogP) is 2.61. The second-order valence-corrected chi connectivity index (χ2v) is 8.08. The lowest BCUT2D eigenvalue weighted by molar-refractivity contribution is 0.261. The Labute approximate surface area is 125 Å². The summed E-state index contributed by atoms with van der Waals surface area (Å²) >= 11 is 0. The summed E-state index contributed by atoms with van der Waals surface area (Å²) in [5, 5.41) is 3.50. The van der Waals surface area contributed by atoms with Gasteiger partial charge in [0.1, 0.15) is 0 Å². The molecule has 0 aromatic heterocycles. The van der Waals surface area contributed by atoms with Crippen LogP contribution in [0.15, 0.2) is 0 Å². The van der Waals surface area contributed by atoms with Gasteiger partial charge in [0.15, 0.2) is 0 Å². The Kier molecular flexibility index (Phi) is 8.73. The molecule has 0 radical (unpaired) electrons. The molecule has 0 aromatic rings. The van der Waals surface area contributed by atoms with Crippen LogP contribution in [0.3, 0.4) is 0 Å². The van der Waals surface area contributed by atoms with Crippen LogP contribution >= 0.6 is 0 Å². The normalized spacial score (nSPS) is 21.2. The van der Waals surface area contributed by atoms with E-state index in [1.165, 1.54) is 44.8 Å². The SMILES string of the molecule is CCCCCCCCNCC1CCCN(S(C)(=O)=O)C1. The Morgan fingerprint density at radius 1 is 1.15 bits per heavy atom. The first kappa shape index (κ1) is 17.9. The highest BCUT2D eigenvalue weighted by Crippen LogP contribution is 2.17. The van der Waals surface area contributed by atoms with Crippen LogP contribution in [0.25, 0.3) is 0 Å². The van der Waals surface area contributed by atoms with E-state index in [0.29, 0.717) is 19.0 Å². The van der Waals surface area contributed by atoms with Gasteiger partial charge in [-0.05, 0) is 38.3 Å². The molecule has 0 saturated carbocycles. The van der Waals surface area contributed by atoms with Crippen LogP contribution in [0, 0.1) is 5.92 Å². The molecule has 0 bridgehead atoms. The molecule has 1 rings (SSSR count). The van der Waals surface area contributed by atoms with Crippen molar-refractivity contribution >= 4 is 10.0 Å². The van der Waals surface area contributed by atoms with Crippen LogP contribution < -0.4 is 5.32 Å². The van der Waals surface area contributed by atoms with E-state index in [0.717, 1.165) is 25.9 Å². The molecule has 0 aromatic carbocycles. The number of hydrogen-bond acceptors (Lipinski definition) is 3. The van der Waals surface area contributed by atoms with Gasteiger partial charge in [-0.1, -0.05) is 39.0 Å². The molecule has 120 valence electrons. The lowest BCUT2D eigenvalue weighted by Crippen LogP contribution is -2.42. The number of sulfonamides is 1. The first-order chi connectivity index (χ1) is 9.54. The van der Waals surface area contributed by atoms with Gasteiger partial charge in [0.25, 0.3) is 0 Å². The lowest BCUT2D eigenvalue weighted by Gasteiger charge is -2.31. The first-order valence-corrected chi connectivity index (χ1v) is 10.0. The molecule has 1 aliphatic rings. The van der Waals surface area contributed by atoms with Gasteiger partial charge >= 0.3 is 0 Å². The van der Waals surface area contributed by atoms with Gasteiger partial charge in [0.05, 0.1) is 6.26 Å². The van der Waals surface area contributed by atoms with E-state index in [1.807, 2.05) is 0 Å². The zero-order valence-electron chi connectivity index (χ0n) is 13.2. The number of hydrogen-bond donors (Lipinski definition) is 1. The summed E-state index contributed by atoms with van der Waals surface area (Å²) in [6, 6.07) is 0. The van der Waals surface area contributed by atoms with Crippen LogP contribution in [0.2, 0.25) is 0 Å². The number of rotatable bonds is 10. The maximum Gasteiger partial charge on any atom is 0.211 e. The van der Waals surface area contributed by atoms with E-state index < -0.39 is 10.0 Å². The molecule has 1 atom stereocenters. The van der Waals surface area contributed by atoms with Crippen molar-refractivity contribution < 1.29 is 8.42 Å². The zero-order valence-corrected chi connectivity index (χ0v) is 14.1. The highest BCUT2D eigenvalue weighted by molar-refractivity contribution is 7.88. The smallest absolute Gasteiger partial charge is 0.211 e. The molecule has 1 aliphatic heterocycles. The summed E-state index contributed by atoms with van der Waals surface area (Å²) in [4.78, 5) is 0. The summed E-state index contributed by atoms with van der Waals surface area (Å²) in [7, 11) is -3.00. The molecule has 20 heavy (non-hydrogen) atoms. The average molecular weight is 305 g/mol. The summed E-state index contributed by atoms with van der Waals surface area (Å²) in [6.07, 6.45) is 11.4. The van der Waals surface area contributed by atoms with E-state index in [1.54, 1.807) is 4.31 Å². The van der Waals surface area contributed by atoms with E-state index in [2.05, 4.69) is 12.2 Å².